The molecule has 2 rings (SSSR count). The van der Waals surface area contributed by atoms with Crippen LogP contribution >= 0.6 is 11.6 Å². The summed E-state index contributed by atoms with van der Waals surface area (Å²) >= 11 is 6.09. The van der Waals surface area contributed by atoms with Crippen LogP contribution in [0.15, 0.2) is 18.2 Å². The quantitative estimate of drug-likeness (QED) is 0.764. The number of esters is 1. The highest BCUT2D eigenvalue weighted by molar-refractivity contribution is 6.34. The van der Waals surface area contributed by atoms with Gasteiger partial charge in [0.1, 0.15) is 6.61 Å². The average Bonchev–Trinajstić information content (AvgIpc) is 2.39. The number of hydrogen-bond acceptors (Lipinski definition) is 4. The van der Waals surface area contributed by atoms with E-state index in [-0.39, 0.29) is 18.1 Å². The molecule has 1 aliphatic rings. The number of rotatable bonds is 2. The lowest BCUT2D eigenvalue weighted by Gasteiger charge is -2.28. The van der Waals surface area contributed by atoms with Crippen LogP contribution in [-0.2, 0) is 14.3 Å². The largest absolute Gasteiger partial charge is 0.465 e. The standard InChI is InChI=1S/C12H12ClNO4/c1-17-12(16)8-3-2-4-9(13)11(8)14-5-6-18-7-10(14)15/h2-4H,5-7H2,1H3. The molecule has 1 fully saturated rings. The van der Waals surface area contributed by atoms with Gasteiger partial charge in [-0.05, 0) is 12.1 Å². The van der Waals surface area contributed by atoms with Gasteiger partial charge in [0.25, 0.3) is 5.91 Å². The molecule has 1 heterocycles. The lowest BCUT2D eigenvalue weighted by Crippen LogP contribution is -2.42. The van der Waals surface area contributed by atoms with E-state index < -0.39 is 5.97 Å². The highest BCUT2D eigenvalue weighted by Crippen LogP contribution is 2.31. The van der Waals surface area contributed by atoms with Crippen LogP contribution in [0.2, 0.25) is 5.02 Å². The smallest absolute Gasteiger partial charge is 0.340 e. The van der Waals surface area contributed by atoms with E-state index in [1.165, 1.54) is 12.0 Å². The van der Waals surface area contributed by atoms with Gasteiger partial charge in [-0.1, -0.05) is 17.7 Å². The Morgan fingerprint density at radius 2 is 2.28 bits per heavy atom. The van der Waals surface area contributed by atoms with Crippen molar-refractivity contribution in [3.8, 4) is 0 Å². The molecule has 0 radical (unpaired) electrons. The summed E-state index contributed by atoms with van der Waals surface area (Å²) in [5, 5.41) is 0.341. The Kier molecular flexibility index (Phi) is 3.84. The topological polar surface area (TPSA) is 55.8 Å². The molecule has 0 spiro atoms. The Morgan fingerprint density at radius 1 is 1.50 bits per heavy atom. The highest BCUT2D eigenvalue weighted by Gasteiger charge is 2.27. The Hall–Kier alpha value is -1.59. The fourth-order valence-electron chi connectivity index (χ4n) is 1.82. The number of benzene rings is 1. The molecule has 96 valence electrons. The van der Waals surface area contributed by atoms with E-state index in [1.54, 1.807) is 18.2 Å². The molecule has 1 saturated heterocycles. The van der Waals surface area contributed by atoms with Gasteiger partial charge in [-0.3, -0.25) is 4.79 Å². The molecule has 0 atom stereocenters. The molecular weight excluding hydrogens is 258 g/mol. The summed E-state index contributed by atoms with van der Waals surface area (Å²) < 4.78 is 9.74. The van der Waals surface area contributed by atoms with Gasteiger partial charge in [-0.25, -0.2) is 4.79 Å². The molecule has 0 unspecified atom stereocenters. The van der Waals surface area contributed by atoms with Gasteiger partial charge in [0.2, 0.25) is 0 Å². The molecule has 0 saturated carbocycles. The third kappa shape index (κ3) is 2.32. The van der Waals surface area contributed by atoms with Crippen LogP contribution in [0.3, 0.4) is 0 Å². The monoisotopic (exact) mass is 269 g/mol. The maximum atomic E-state index is 11.8. The number of carbonyl (C=O) groups is 2. The number of anilines is 1. The molecule has 18 heavy (non-hydrogen) atoms. The molecule has 1 amide bonds. The molecular formula is C12H12ClNO4. The second-order valence-corrected chi connectivity index (χ2v) is 4.13. The minimum atomic E-state index is -0.521. The Labute approximate surface area is 109 Å². The number of para-hydroxylation sites is 1. The van der Waals surface area contributed by atoms with E-state index >= 15 is 0 Å². The second kappa shape index (κ2) is 5.37. The zero-order valence-corrected chi connectivity index (χ0v) is 10.6. The first kappa shape index (κ1) is 12.9. The molecule has 0 aliphatic carbocycles. The molecule has 6 heteroatoms. The van der Waals surface area contributed by atoms with Crippen molar-refractivity contribution < 1.29 is 19.1 Å². The SMILES string of the molecule is COC(=O)c1cccc(Cl)c1N1CCOCC1=O. The van der Waals surface area contributed by atoms with Crippen molar-refractivity contribution in [1.82, 2.24) is 0 Å². The van der Waals surface area contributed by atoms with Crippen LogP contribution in [0, 0.1) is 0 Å². The van der Waals surface area contributed by atoms with Gasteiger partial charge in [0.15, 0.2) is 0 Å². The molecule has 1 aromatic carbocycles. The Bertz CT molecular complexity index is 489. The van der Waals surface area contributed by atoms with Gasteiger partial charge >= 0.3 is 5.97 Å². The summed E-state index contributed by atoms with van der Waals surface area (Å²) in [5.74, 6) is -0.744. The van der Waals surface area contributed by atoms with E-state index in [4.69, 9.17) is 21.1 Å². The maximum absolute atomic E-state index is 11.8. The number of carbonyl (C=O) groups excluding carboxylic acids is 2. The van der Waals surface area contributed by atoms with Crippen LogP contribution in [0.1, 0.15) is 10.4 Å². The van der Waals surface area contributed by atoms with E-state index in [2.05, 4.69) is 0 Å². The van der Waals surface area contributed by atoms with E-state index in [0.717, 1.165) is 0 Å². The number of nitrogens with zero attached hydrogens (tertiary/aromatic N) is 1. The van der Waals surface area contributed by atoms with Crippen LogP contribution in [0.25, 0.3) is 0 Å². The molecule has 0 bridgehead atoms. The number of ether oxygens (including phenoxy) is 2. The molecule has 1 aromatic rings. The summed E-state index contributed by atoms with van der Waals surface area (Å²) in [6.07, 6.45) is 0. The van der Waals surface area contributed by atoms with Crippen LogP contribution in [0.4, 0.5) is 5.69 Å². The lowest BCUT2D eigenvalue weighted by molar-refractivity contribution is -0.125. The fraction of sp³-hybridized carbons (Fsp3) is 0.333. The van der Waals surface area contributed by atoms with Crippen molar-refractivity contribution in [2.24, 2.45) is 0 Å². The van der Waals surface area contributed by atoms with Gasteiger partial charge in [0.05, 0.1) is 30.0 Å². The maximum Gasteiger partial charge on any atom is 0.340 e. The van der Waals surface area contributed by atoms with Crippen molar-refractivity contribution in [3.05, 3.63) is 28.8 Å². The predicted molar refractivity (Wildman–Crippen MR) is 66.0 cm³/mol. The lowest BCUT2D eigenvalue weighted by atomic mass is 10.1. The van der Waals surface area contributed by atoms with Gasteiger partial charge in [0, 0.05) is 6.54 Å². The van der Waals surface area contributed by atoms with Crippen molar-refractivity contribution in [1.29, 1.82) is 0 Å². The van der Waals surface area contributed by atoms with Crippen molar-refractivity contribution in [2.75, 3.05) is 31.8 Å². The Morgan fingerprint density at radius 3 is 2.94 bits per heavy atom. The number of amides is 1. The molecule has 0 aromatic heterocycles. The summed E-state index contributed by atoms with van der Waals surface area (Å²) in [6, 6.07) is 4.85. The first-order chi connectivity index (χ1) is 8.65. The van der Waals surface area contributed by atoms with Crippen molar-refractivity contribution in [2.45, 2.75) is 0 Å². The second-order valence-electron chi connectivity index (χ2n) is 3.73. The van der Waals surface area contributed by atoms with Gasteiger partial charge < -0.3 is 14.4 Å². The van der Waals surface area contributed by atoms with Crippen LogP contribution < -0.4 is 4.90 Å². The molecule has 1 aliphatic heterocycles. The van der Waals surface area contributed by atoms with E-state index in [9.17, 15) is 9.59 Å². The number of methoxy groups -OCH3 is 1. The Balaban J connectivity index is 2.47. The third-order valence-electron chi connectivity index (χ3n) is 2.65. The summed E-state index contributed by atoms with van der Waals surface area (Å²) in [7, 11) is 1.29. The van der Waals surface area contributed by atoms with Gasteiger partial charge in [-0.15, -0.1) is 0 Å². The normalized spacial score (nSPS) is 15.7. The van der Waals surface area contributed by atoms with Crippen LogP contribution in [0.5, 0.6) is 0 Å². The highest BCUT2D eigenvalue weighted by atomic mass is 35.5. The van der Waals surface area contributed by atoms with Gasteiger partial charge in [-0.2, -0.15) is 0 Å². The molecule has 5 nitrogen and oxygen atoms in total. The third-order valence-corrected chi connectivity index (χ3v) is 2.95. The average molecular weight is 270 g/mol. The number of morpholine rings is 1. The minimum Gasteiger partial charge on any atom is -0.465 e. The summed E-state index contributed by atoms with van der Waals surface area (Å²) in [4.78, 5) is 24.9. The van der Waals surface area contributed by atoms with Crippen molar-refractivity contribution >= 4 is 29.2 Å². The number of hydrogen-bond donors (Lipinski definition) is 0. The number of halogens is 1. The van der Waals surface area contributed by atoms with Crippen molar-refractivity contribution in [3.63, 3.8) is 0 Å². The summed E-state index contributed by atoms with van der Waals surface area (Å²) in [6.45, 7) is 0.774. The first-order valence-corrected chi connectivity index (χ1v) is 5.78. The zero-order valence-electron chi connectivity index (χ0n) is 9.81. The molecule has 0 N–H and O–H groups in total. The fourth-order valence-corrected chi connectivity index (χ4v) is 2.10. The zero-order chi connectivity index (χ0) is 13.1. The minimum absolute atomic E-state index is 0.00810. The van der Waals surface area contributed by atoms with E-state index in [1.807, 2.05) is 0 Å². The van der Waals surface area contributed by atoms with Crippen LogP contribution in [-0.4, -0.2) is 38.7 Å². The first-order valence-electron chi connectivity index (χ1n) is 5.40. The predicted octanol–water partition coefficient (Wildman–Crippen LogP) is 1.49. The summed E-state index contributed by atoms with van der Waals surface area (Å²) in [5.41, 5.74) is 0.666. The van der Waals surface area contributed by atoms with E-state index in [0.29, 0.717) is 23.9 Å².